The summed E-state index contributed by atoms with van der Waals surface area (Å²) in [4.78, 5) is 0. The summed E-state index contributed by atoms with van der Waals surface area (Å²) < 4.78 is 4.52. The van der Waals surface area contributed by atoms with Crippen LogP contribution in [0.1, 0.15) is 0 Å². The van der Waals surface area contributed by atoms with Crippen LogP contribution in [-0.2, 0) is 23.3 Å². The average Bonchev–Trinajstić information content (AvgIpc) is 1.69. The average molecular weight is 390 g/mol. The molecule has 1 N–H and O–H groups in total. The van der Waals surface area contributed by atoms with Gasteiger partial charge in [-0.05, 0) is 6.61 Å². The SMILES string of the molecule is CO[CH-]/C=C/CO.[U].[V]. The molecule has 0 fully saturated rings. The molecule has 0 aromatic carbocycles. The Kier molecular flexibility index (Phi) is 29.7. The number of aliphatic hydroxyl groups is 1. The minimum Gasteiger partial charge on any atom is -0.445 e. The molecule has 4 heteroatoms. The van der Waals surface area contributed by atoms with Gasteiger partial charge in [0.1, 0.15) is 0 Å². The van der Waals surface area contributed by atoms with E-state index in [-0.39, 0.29) is 56.3 Å². The van der Waals surface area contributed by atoms with Crippen molar-refractivity contribution in [2.24, 2.45) is 0 Å². The maximum Gasteiger partial charge on any atom is 0.0187 e. The van der Waals surface area contributed by atoms with E-state index in [9.17, 15) is 0 Å². The van der Waals surface area contributed by atoms with E-state index in [0.717, 1.165) is 0 Å². The van der Waals surface area contributed by atoms with Crippen LogP contribution in [0.4, 0.5) is 0 Å². The Hall–Kier alpha value is 1.17. The van der Waals surface area contributed by atoms with Crippen LogP contribution in [0.5, 0.6) is 0 Å². The number of hydrogen-bond donors (Lipinski definition) is 1. The fourth-order valence-electron chi connectivity index (χ4n) is 0.195. The molecule has 0 rings (SSSR count). The zero-order valence-corrected chi connectivity index (χ0v) is 10.8. The Balaban J connectivity index is -0.000000180. The van der Waals surface area contributed by atoms with Crippen molar-refractivity contribution in [2.75, 3.05) is 13.7 Å². The van der Waals surface area contributed by atoms with Crippen molar-refractivity contribution in [1.82, 2.24) is 0 Å². The molecule has 0 spiro atoms. The third-order valence-corrected chi connectivity index (χ3v) is 0.456. The summed E-state index contributed by atoms with van der Waals surface area (Å²) in [6.45, 7) is 1.57. The largest absolute Gasteiger partial charge is 0.445 e. The van der Waals surface area contributed by atoms with Crippen LogP contribution >= 0.6 is 0 Å². The second kappa shape index (κ2) is 16.1. The Morgan fingerprint density at radius 2 is 2.22 bits per heavy atom. The molecule has 0 aromatic heterocycles. The van der Waals surface area contributed by atoms with Gasteiger partial charge in [0.25, 0.3) is 0 Å². The van der Waals surface area contributed by atoms with Crippen molar-refractivity contribution in [2.45, 2.75) is 0 Å². The van der Waals surface area contributed by atoms with E-state index >= 15 is 0 Å². The molecule has 0 heterocycles. The molecular weight excluding hydrogens is 381 g/mol. The van der Waals surface area contributed by atoms with Crippen LogP contribution in [0.3, 0.4) is 0 Å². The predicted octanol–water partition coefficient (Wildman–Crippen LogP) is 0.341. The van der Waals surface area contributed by atoms with E-state index in [1.54, 1.807) is 19.3 Å². The molecular formula is C5H9O2UV-. The van der Waals surface area contributed by atoms with Crippen LogP contribution in [0.15, 0.2) is 12.2 Å². The quantitative estimate of drug-likeness (QED) is 0.705. The fourth-order valence-corrected chi connectivity index (χ4v) is 0.195. The first-order chi connectivity index (χ1) is 3.41. The van der Waals surface area contributed by atoms with Crippen LogP contribution in [-0.4, -0.2) is 18.8 Å². The number of rotatable bonds is 3. The van der Waals surface area contributed by atoms with Gasteiger partial charge in [-0.15, -0.1) is 6.61 Å². The Morgan fingerprint density at radius 1 is 1.67 bits per heavy atom. The van der Waals surface area contributed by atoms with E-state index in [1.807, 2.05) is 0 Å². The molecule has 0 aliphatic heterocycles. The minimum atomic E-state index is 0. The molecule has 0 atom stereocenters. The number of aliphatic hydroxyl groups excluding tert-OH is 1. The van der Waals surface area contributed by atoms with Gasteiger partial charge >= 0.3 is 0 Å². The van der Waals surface area contributed by atoms with Gasteiger partial charge in [-0.1, -0.05) is 0 Å². The first kappa shape index (κ1) is 16.6. The third kappa shape index (κ3) is 17.6. The second-order valence-electron chi connectivity index (χ2n) is 0.983. The summed E-state index contributed by atoms with van der Waals surface area (Å²) in [5.41, 5.74) is 0. The van der Waals surface area contributed by atoms with Crippen molar-refractivity contribution in [3.8, 4) is 0 Å². The van der Waals surface area contributed by atoms with Gasteiger partial charge in [0.05, 0.1) is 0 Å². The molecule has 0 unspecified atom stereocenters. The van der Waals surface area contributed by atoms with E-state index in [2.05, 4.69) is 4.74 Å². The molecule has 0 aromatic rings. The summed E-state index contributed by atoms with van der Waals surface area (Å²) in [6.07, 6.45) is 3.23. The Morgan fingerprint density at radius 3 is 2.56 bits per heavy atom. The van der Waals surface area contributed by atoms with E-state index in [4.69, 9.17) is 5.11 Å². The van der Waals surface area contributed by atoms with Crippen LogP contribution in [0.25, 0.3) is 0 Å². The molecule has 0 bridgehead atoms. The molecule has 0 aliphatic rings. The smallest absolute Gasteiger partial charge is 0.0187 e. The summed E-state index contributed by atoms with van der Waals surface area (Å²) in [5, 5.41) is 8.13. The van der Waals surface area contributed by atoms with Crippen LogP contribution < -0.4 is 0 Å². The van der Waals surface area contributed by atoms with Crippen LogP contribution in [0, 0.1) is 37.7 Å². The molecule has 0 aliphatic carbocycles. The second-order valence-corrected chi connectivity index (χ2v) is 0.983. The number of ether oxygens (including phenoxy) is 1. The van der Waals surface area contributed by atoms with E-state index in [0.29, 0.717) is 0 Å². The monoisotopic (exact) mass is 390 g/mol. The van der Waals surface area contributed by atoms with Crippen molar-refractivity contribution in [3.05, 3.63) is 18.8 Å². The molecule has 0 amide bonds. The molecule has 51 valence electrons. The normalized spacial score (nSPS) is 7.78. The maximum atomic E-state index is 8.13. The summed E-state index contributed by atoms with van der Waals surface area (Å²) >= 11 is 0. The molecule has 0 saturated heterocycles. The zero-order valence-electron chi connectivity index (χ0n) is 5.24. The zero-order chi connectivity index (χ0) is 5.54. The third-order valence-electron chi connectivity index (χ3n) is 0.456. The molecule has 0 saturated carbocycles. The minimum absolute atomic E-state index is 0. The van der Waals surface area contributed by atoms with Gasteiger partial charge in [-0.3, -0.25) is 0 Å². The van der Waals surface area contributed by atoms with Gasteiger partial charge in [-0.25, -0.2) is 12.2 Å². The summed E-state index contributed by atoms with van der Waals surface area (Å²) in [7, 11) is 1.56. The fraction of sp³-hybridized carbons (Fsp3) is 0.400. The van der Waals surface area contributed by atoms with Gasteiger partial charge < -0.3 is 9.84 Å². The van der Waals surface area contributed by atoms with Gasteiger partial charge in [0.2, 0.25) is 0 Å². The van der Waals surface area contributed by atoms with Crippen molar-refractivity contribution in [3.63, 3.8) is 0 Å². The van der Waals surface area contributed by atoms with Gasteiger partial charge in [0, 0.05) is 56.8 Å². The Labute approximate surface area is 91.3 Å². The van der Waals surface area contributed by atoms with Crippen molar-refractivity contribution in [1.29, 1.82) is 0 Å². The van der Waals surface area contributed by atoms with Gasteiger partial charge in [0.15, 0.2) is 0 Å². The molecule has 2 nitrogen and oxygen atoms in total. The van der Waals surface area contributed by atoms with Crippen molar-refractivity contribution >= 4 is 0 Å². The molecule has 9 heavy (non-hydrogen) atoms. The first-order valence-electron chi connectivity index (χ1n) is 2.04. The predicted molar refractivity (Wildman–Crippen MR) is 27.5 cm³/mol. The summed E-state index contributed by atoms with van der Waals surface area (Å²) in [6, 6.07) is 0. The Bertz CT molecular complexity index is 58.9. The van der Waals surface area contributed by atoms with Crippen LogP contribution in [0.2, 0.25) is 0 Å². The molecule has 1 radical (unpaired) electrons. The standard InChI is InChI=1S/C5H9O2.U.V/c1-7-5-3-2-4-6;;/h2-3,5-6H,4H2,1H3;;/q-1;;/b3-2+;;. The van der Waals surface area contributed by atoms with E-state index < -0.39 is 0 Å². The van der Waals surface area contributed by atoms with E-state index in [1.165, 1.54) is 6.61 Å². The van der Waals surface area contributed by atoms with Gasteiger partial charge in [-0.2, -0.15) is 0 Å². The number of methoxy groups -OCH3 is 1. The summed E-state index contributed by atoms with van der Waals surface area (Å²) in [5.74, 6) is 0. The topological polar surface area (TPSA) is 29.5 Å². The first-order valence-corrected chi connectivity index (χ1v) is 2.04. The number of hydrogen-bond acceptors (Lipinski definition) is 2. The maximum absolute atomic E-state index is 8.13. The van der Waals surface area contributed by atoms with Crippen molar-refractivity contribution < 1.29 is 59.5 Å².